The van der Waals surface area contributed by atoms with E-state index in [2.05, 4.69) is 17.6 Å². The van der Waals surface area contributed by atoms with Crippen molar-refractivity contribution in [3.8, 4) is 11.1 Å². The fourth-order valence-corrected chi connectivity index (χ4v) is 2.01. The van der Waals surface area contributed by atoms with Crippen LogP contribution >= 0.6 is 0 Å². The molecule has 0 unspecified atom stereocenters. The van der Waals surface area contributed by atoms with E-state index in [1.165, 1.54) is 12.3 Å². The summed E-state index contributed by atoms with van der Waals surface area (Å²) >= 11 is 0. The van der Waals surface area contributed by atoms with Crippen molar-refractivity contribution in [2.75, 3.05) is 7.05 Å². The topological polar surface area (TPSA) is 15.6 Å². The lowest BCUT2D eigenvalue weighted by Crippen LogP contribution is -2.15. The van der Waals surface area contributed by atoms with E-state index in [-0.39, 0.29) is 5.82 Å². The molecule has 3 heteroatoms. The molecule has 102 valence electrons. The fourth-order valence-electron chi connectivity index (χ4n) is 2.01. The van der Waals surface area contributed by atoms with E-state index in [9.17, 15) is 4.39 Å². The molecule has 0 radical (unpaired) electrons. The summed E-state index contributed by atoms with van der Waals surface area (Å²) in [6.07, 6.45) is 3.22. The summed E-state index contributed by atoms with van der Waals surface area (Å²) in [4.78, 5) is 5.94. The molecule has 0 aliphatic carbocycles. The summed E-state index contributed by atoms with van der Waals surface area (Å²) in [5.74, 6) is -0.219. The molecule has 0 aliphatic heterocycles. The molecule has 0 heterocycles. The molecule has 2 aromatic rings. The van der Waals surface area contributed by atoms with Crippen molar-refractivity contribution in [2.24, 2.45) is 4.99 Å². The van der Waals surface area contributed by atoms with Crippen molar-refractivity contribution < 1.29 is 4.39 Å². The molecular weight excluding hydrogens is 251 g/mol. The van der Waals surface area contributed by atoms with E-state index in [0.717, 1.165) is 23.2 Å². The Kier molecular flexibility index (Phi) is 4.66. The van der Waals surface area contributed by atoms with Crippen LogP contribution in [0.25, 0.3) is 11.1 Å². The van der Waals surface area contributed by atoms with Crippen LogP contribution in [0.1, 0.15) is 5.56 Å². The Morgan fingerprint density at radius 1 is 1.15 bits per heavy atom. The Morgan fingerprint density at radius 3 is 2.55 bits per heavy atom. The molecule has 0 fully saturated rings. The Balaban J connectivity index is 2.20. The first kappa shape index (κ1) is 14.0. The Hall–Kier alpha value is -2.42. The predicted molar refractivity (Wildman–Crippen MR) is 82.0 cm³/mol. The third-order valence-corrected chi connectivity index (χ3v) is 2.89. The average Bonchev–Trinajstić information content (AvgIpc) is 2.45. The molecule has 0 aromatic heterocycles. The van der Waals surface area contributed by atoms with Gasteiger partial charge in [0.15, 0.2) is 0 Å². The van der Waals surface area contributed by atoms with E-state index < -0.39 is 0 Å². The van der Waals surface area contributed by atoms with Gasteiger partial charge in [-0.2, -0.15) is 0 Å². The third kappa shape index (κ3) is 3.79. The molecule has 0 aliphatic rings. The van der Waals surface area contributed by atoms with Crippen molar-refractivity contribution in [2.45, 2.75) is 6.54 Å². The highest BCUT2D eigenvalue weighted by molar-refractivity contribution is 5.64. The standard InChI is InChI=1S/C17H17FN2/c1-3-19-13-20(2)12-14-6-4-7-15(10-14)16-8-5-9-17(18)11-16/h3-11,13H,1,12H2,2H3. The lowest BCUT2D eigenvalue weighted by atomic mass is 10.0. The van der Waals surface area contributed by atoms with Gasteiger partial charge in [-0.1, -0.05) is 36.9 Å². The molecule has 2 aromatic carbocycles. The number of rotatable bonds is 5. The lowest BCUT2D eigenvalue weighted by molar-refractivity contribution is 0.516. The van der Waals surface area contributed by atoms with Crippen molar-refractivity contribution in [1.82, 2.24) is 4.90 Å². The van der Waals surface area contributed by atoms with Crippen LogP contribution in [0, 0.1) is 5.82 Å². The fraction of sp³-hybridized carbons (Fsp3) is 0.118. The monoisotopic (exact) mass is 268 g/mol. The lowest BCUT2D eigenvalue weighted by Gasteiger charge is -2.13. The first-order chi connectivity index (χ1) is 9.69. The van der Waals surface area contributed by atoms with Crippen molar-refractivity contribution in [1.29, 1.82) is 0 Å². The minimum atomic E-state index is -0.219. The first-order valence-electron chi connectivity index (χ1n) is 6.38. The maximum Gasteiger partial charge on any atom is 0.123 e. The van der Waals surface area contributed by atoms with E-state index in [0.29, 0.717) is 0 Å². The SMILES string of the molecule is C=CN=CN(C)Cc1cccc(-c2cccc(F)c2)c1. The molecule has 2 nitrogen and oxygen atoms in total. The van der Waals surface area contributed by atoms with E-state index in [4.69, 9.17) is 0 Å². The zero-order chi connectivity index (χ0) is 14.4. The zero-order valence-electron chi connectivity index (χ0n) is 11.5. The molecule has 0 saturated heterocycles. The maximum atomic E-state index is 13.3. The largest absolute Gasteiger partial charge is 0.361 e. The summed E-state index contributed by atoms with van der Waals surface area (Å²) in [5.41, 5.74) is 3.04. The van der Waals surface area contributed by atoms with Crippen LogP contribution < -0.4 is 0 Å². The van der Waals surface area contributed by atoms with Crippen molar-refractivity contribution in [3.63, 3.8) is 0 Å². The minimum Gasteiger partial charge on any atom is -0.361 e. The van der Waals surface area contributed by atoms with Crippen LogP contribution in [-0.2, 0) is 6.54 Å². The smallest absolute Gasteiger partial charge is 0.123 e. The number of hydrogen-bond donors (Lipinski definition) is 0. The van der Waals surface area contributed by atoms with Gasteiger partial charge in [0, 0.05) is 19.8 Å². The highest BCUT2D eigenvalue weighted by Crippen LogP contribution is 2.21. The molecule has 0 N–H and O–H groups in total. The number of aliphatic imine (C=N–C) groups is 1. The van der Waals surface area contributed by atoms with E-state index in [1.807, 2.05) is 36.2 Å². The predicted octanol–water partition coefficient (Wildman–Crippen LogP) is 4.10. The number of nitrogens with zero attached hydrogens (tertiary/aromatic N) is 2. The van der Waals surface area contributed by atoms with Gasteiger partial charge in [-0.3, -0.25) is 0 Å². The van der Waals surface area contributed by atoms with Crippen molar-refractivity contribution in [3.05, 3.63) is 72.7 Å². The van der Waals surface area contributed by atoms with Crippen LogP contribution in [0.5, 0.6) is 0 Å². The number of benzene rings is 2. The van der Waals surface area contributed by atoms with Crippen LogP contribution in [0.2, 0.25) is 0 Å². The Labute approximate surface area is 118 Å². The average molecular weight is 268 g/mol. The van der Waals surface area contributed by atoms with Gasteiger partial charge in [-0.05, 0) is 34.9 Å². The third-order valence-electron chi connectivity index (χ3n) is 2.89. The van der Waals surface area contributed by atoms with Gasteiger partial charge in [0.2, 0.25) is 0 Å². The van der Waals surface area contributed by atoms with Crippen LogP contribution in [-0.4, -0.2) is 18.3 Å². The number of hydrogen-bond acceptors (Lipinski definition) is 1. The quantitative estimate of drug-likeness (QED) is 0.589. The molecular formula is C17H17FN2. The maximum absolute atomic E-state index is 13.3. The van der Waals surface area contributed by atoms with Gasteiger partial charge < -0.3 is 4.90 Å². The molecule has 0 bridgehead atoms. The van der Waals surface area contributed by atoms with Gasteiger partial charge in [0.05, 0.1) is 6.34 Å². The second-order valence-electron chi connectivity index (χ2n) is 4.57. The Morgan fingerprint density at radius 2 is 1.85 bits per heavy atom. The molecule has 0 saturated carbocycles. The summed E-state index contributed by atoms with van der Waals surface area (Å²) < 4.78 is 13.3. The normalized spacial score (nSPS) is 10.7. The van der Waals surface area contributed by atoms with Gasteiger partial charge in [-0.15, -0.1) is 0 Å². The van der Waals surface area contributed by atoms with Crippen LogP contribution in [0.3, 0.4) is 0 Å². The summed E-state index contributed by atoms with van der Waals surface area (Å²) in [6.45, 7) is 4.28. The van der Waals surface area contributed by atoms with Crippen LogP contribution in [0.4, 0.5) is 4.39 Å². The minimum absolute atomic E-state index is 0.219. The summed E-state index contributed by atoms with van der Waals surface area (Å²) in [5, 5.41) is 0. The highest BCUT2D eigenvalue weighted by Gasteiger charge is 2.02. The zero-order valence-corrected chi connectivity index (χ0v) is 11.5. The second-order valence-corrected chi connectivity index (χ2v) is 4.57. The van der Waals surface area contributed by atoms with Crippen molar-refractivity contribution >= 4 is 6.34 Å². The van der Waals surface area contributed by atoms with Gasteiger partial charge in [0.1, 0.15) is 5.82 Å². The summed E-state index contributed by atoms with van der Waals surface area (Å²) in [6, 6.07) is 14.7. The van der Waals surface area contributed by atoms with Gasteiger partial charge >= 0.3 is 0 Å². The van der Waals surface area contributed by atoms with E-state index >= 15 is 0 Å². The second kappa shape index (κ2) is 6.66. The molecule has 20 heavy (non-hydrogen) atoms. The van der Waals surface area contributed by atoms with Crippen LogP contribution in [0.15, 0.2) is 66.3 Å². The molecule has 0 spiro atoms. The Bertz CT molecular complexity index is 620. The van der Waals surface area contributed by atoms with Gasteiger partial charge in [-0.25, -0.2) is 9.38 Å². The molecule has 0 atom stereocenters. The van der Waals surface area contributed by atoms with E-state index in [1.54, 1.807) is 18.5 Å². The highest BCUT2D eigenvalue weighted by atomic mass is 19.1. The molecule has 2 rings (SSSR count). The summed E-state index contributed by atoms with van der Waals surface area (Å²) in [7, 11) is 1.95. The molecule has 0 amide bonds. The number of halogens is 1. The first-order valence-corrected chi connectivity index (χ1v) is 6.38. The van der Waals surface area contributed by atoms with Gasteiger partial charge in [0.25, 0.3) is 0 Å².